The fourth-order valence-corrected chi connectivity index (χ4v) is 1.78. The molecular weight excluding hydrogens is 188 g/mol. The third-order valence-electron chi connectivity index (χ3n) is 3.06. The van der Waals surface area contributed by atoms with Crippen molar-refractivity contribution in [2.75, 3.05) is 0 Å². The molecule has 2 rings (SSSR count). The number of rotatable bonds is 0. The summed E-state index contributed by atoms with van der Waals surface area (Å²) in [4.78, 5) is 11.4. The molecule has 1 heterocycles. The average Bonchev–Trinajstić information content (AvgIpc) is 2.19. The van der Waals surface area contributed by atoms with Crippen LogP contribution in [0.3, 0.4) is 0 Å². The number of aryl methyl sites for hydroxylation is 3. The molecule has 0 fully saturated rings. The quantitative estimate of drug-likeness (QED) is 0.615. The molecule has 0 saturated heterocycles. The van der Waals surface area contributed by atoms with Crippen LogP contribution in [0.5, 0.6) is 0 Å². The molecule has 0 aliphatic heterocycles. The standard InChI is InChI=1S/C13H14O2/c1-7-6-12-11(10(4)9(7)3)5-8(2)13(14)15-12/h5-6H,1-4H3. The van der Waals surface area contributed by atoms with Gasteiger partial charge in [-0.05, 0) is 56.5 Å². The fraction of sp³-hybridized carbons (Fsp3) is 0.308. The van der Waals surface area contributed by atoms with E-state index in [0.29, 0.717) is 11.1 Å². The summed E-state index contributed by atoms with van der Waals surface area (Å²) in [5, 5.41) is 1.04. The van der Waals surface area contributed by atoms with Gasteiger partial charge in [-0.25, -0.2) is 4.79 Å². The lowest BCUT2D eigenvalue weighted by Crippen LogP contribution is -2.03. The minimum Gasteiger partial charge on any atom is -0.423 e. The second-order valence-electron chi connectivity index (χ2n) is 4.07. The third-order valence-corrected chi connectivity index (χ3v) is 3.06. The second kappa shape index (κ2) is 3.23. The van der Waals surface area contributed by atoms with E-state index < -0.39 is 0 Å². The van der Waals surface area contributed by atoms with Crippen LogP contribution in [-0.4, -0.2) is 0 Å². The minimum atomic E-state index is -0.245. The normalized spacial score (nSPS) is 10.9. The van der Waals surface area contributed by atoms with E-state index in [9.17, 15) is 4.79 Å². The molecule has 2 heteroatoms. The molecule has 2 nitrogen and oxygen atoms in total. The molecule has 0 amide bonds. The van der Waals surface area contributed by atoms with E-state index in [1.807, 2.05) is 19.1 Å². The number of benzene rings is 1. The Morgan fingerprint density at radius 1 is 0.933 bits per heavy atom. The van der Waals surface area contributed by atoms with Crippen molar-refractivity contribution in [3.8, 4) is 0 Å². The molecule has 0 aliphatic carbocycles. The van der Waals surface area contributed by atoms with Crippen LogP contribution in [0.1, 0.15) is 22.3 Å². The molecule has 0 radical (unpaired) electrons. The van der Waals surface area contributed by atoms with Gasteiger partial charge in [0.25, 0.3) is 0 Å². The van der Waals surface area contributed by atoms with Gasteiger partial charge in [-0.2, -0.15) is 0 Å². The summed E-state index contributed by atoms with van der Waals surface area (Å²) in [5.74, 6) is 0. The van der Waals surface area contributed by atoms with Gasteiger partial charge in [0.1, 0.15) is 5.58 Å². The first-order chi connectivity index (χ1) is 7.00. The van der Waals surface area contributed by atoms with Crippen molar-refractivity contribution < 1.29 is 4.42 Å². The lowest BCUT2D eigenvalue weighted by Gasteiger charge is -2.08. The lowest BCUT2D eigenvalue weighted by molar-refractivity contribution is 0.554. The van der Waals surface area contributed by atoms with Crippen LogP contribution in [0, 0.1) is 27.7 Å². The van der Waals surface area contributed by atoms with E-state index in [1.54, 1.807) is 6.92 Å². The summed E-state index contributed by atoms with van der Waals surface area (Å²) in [7, 11) is 0. The van der Waals surface area contributed by atoms with Gasteiger partial charge < -0.3 is 4.42 Å². The zero-order valence-electron chi connectivity index (χ0n) is 9.47. The zero-order valence-corrected chi connectivity index (χ0v) is 9.47. The van der Waals surface area contributed by atoms with Gasteiger partial charge in [-0.15, -0.1) is 0 Å². The molecule has 0 atom stereocenters. The van der Waals surface area contributed by atoms with Crippen LogP contribution in [0.25, 0.3) is 11.0 Å². The first kappa shape index (κ1) is 9.97. The Balaban J connectivity index is 2.99. The highest BCUT2D eigenvalue weighted by atomic mass is 16.4. The zero-order chi connectivity index (χ0) is 11.2. The summed E-state index contributed by atoms with van der Waals surface area (Å²) in [5.41, 5.74) is 4.71. The van der Waals surface area contributed by atoms with Gasteiger partial charge in [0, 0.05) is 10.9 Å². The fourth-order valence-electron chi connectivity index (χ4n) is 1.78. The number of fused-ring (bicyclic) bond motifs is 1. The third kappa shape index (κ3) is 1.46. The maximum absolute atomic E-state index is 11.4. The van der Waals surface area contributed by atoms with Gasteiger partial charge in [-0.1, -0.05) is 0 Å². The maximum atomic E-state index is 11.4. The Labute approximate surface area is 88.5 Å². The van der Waals surface area contributed by atoms with Crippen molar-refractivity contribution in [2.24, 2.45) is 0 Å². The minimum absolute atomic E-state index is 0.245. The van der Waals surface area contributed by atoms with Crippen LogP contribution < -0.4 is 5.63 Å². The van der Waals surface area contributed by atoms with Crippen molar-refractivity contribution in [1.82, 2.24) is 0 Å². The first-order valence-electron chi connectivity index (χ1n) is 5.02. The molecule has 1 aromatic carbocycles. The van der Waals surface area contributed by atoms with Gasteiger partial charge in [-0.3, -0.25) is 0 Å². The molecule has 0 N–H and O–H groups in total. The number of hydrogen-bond donors (Lipinski definition) is 0. The average molecular weight is 202 g/mol. The molecule has 15 heavy (non-hydrogen) atoms. The molecule has 0 unspecified atom stereocenters. The Morgan fingerprint density at radius 2 is 1.60 bits per heavy atom. The predicted octanol–water partition coefficient (Wildman–Crippen LogP) is 3.03. The molecule has 78 valence electrons. The summed E-state index contributed by atoms with van der Waals surface area (Å²) in [6, 6.07) is 3.83. The van der Waals surface area contributed by atoms with Crippen molar-refractivity contribution in [3.63, 3.8) is 0 Å². The molecule has 2 aromatic rings. The first-order valence-corrected chi connectivity index (χ1v) is 5.02. The van der Waals surface area contributed by atoms with E-state index >= 15 is 0 Å². The van der Waals surface area contributed by atoms with Crippen LogP contribution in [0.15, 0.2) is 21.3 Å². The predicted molar refractivity (Wildman–Crippen MR) is 61.4 cm³/mol. The smallest absolute Gasteiger partial charge is 0.339 e. The highest BCUT2D eigenvalue weighted by Gasteiger charge is 2.07. The van der Waals surface area contributed by atoms with Gasteiger partial charge >= 0.3 is 5.63 Å². The monoisotopic (exact) mass is 202 g/mol. The Bertz CT molecular complexity index is 591. The molecule has 0 spiro atoms. The van der Waals surface area contributed by atoms with Crippen LogP contribution in [-0.2, 0) is 0 Å². The summed E-state index contributed by atoms with van der Waals surface area (Å²) in [6.07, 6.45) is 0. The Morgan fingerprint density at radius 3 is 2.27 bits per heavy atom. The van der Waals surface area contributed by atoms with Crippen molar-refractivity contribution in [2.45, 2.75) is 27.7 Å². The lowest BCUT2D eigenvalue weighted by atomic mass is 9.99. The highest BCUT2D eigenvalue weighted by molar-refractivity contribution is 5.82. The molecule has 0 aliphatic rings. The van der Waals surface area contributed by atoms with Crippen LogP contribution in [0.2, 0.25) is 0 Å². The summed E-state index contributed by atoms with van der Waals surface area (Å²) in [6.45, 7) is 7.95. The van der Waals surface area contributed by atoms with Crippen molar-refractivity contribution in [1.29, 1.82) is 0 Å². The Kier molecular flexibility index (Phi) is 2.14. The topological polar surface area (TPSA) is 30.2 Å². The Hall–Kier alpha value is -1.57. The van der Waals surface area contributed by atoms with Crippen LogP contribution in [0.4, 0.5) is 0 Å². The van der Waals surface area contributed by atoms with Gasteiger partial charge in [0.2, 0.25) is 0 Å². The van der Waals surface area contributed by atoms with Crippen LogP contribution >= 0.6 is 0 Å². The van der Waals surface area contributed by atoms with E-state index in [4.69, 9.17) is 4.42 Å². The second-order valence-corrected chi connectivity index (χ2v) is 4.07. The highest BCUT2D eigenvalue weighted by Crippen LogP contribution is 2.23. The van der Waals surface area contributed by atoms with Crippen molar-refractivity contribution in [3.05, 3.63) is 44.8 Å². The van der Waals surface area contributed by atoms with E-state index in [1.165, 1.54) is 11.1 Å². The van der Waals surface area contributed by atoms with Crippen molar-refractivity contribution >= 4 is 11.0 Å². The molecular formula is C13H14O2. The van der Waals surface area contributed by atoms with E-state index in [-0.39, 0.29) is 5.63 Å². The van der Waals surface area contributed by atoms with Gasteiger partial charge in [0.05, 0.1) is 0 Å². The SMILES string of the molecule is Cc1cc2oc(=O)c(C)cc2c(C)c1C. The summed E-state index contributed by atoms with van der Waals surface area (Å²) < 4.78 is 5.25. The largest absolute Gasteiger partial charge is 0.423 e. The van der Waals surface area contributed by atoms with Gasteiger partial charge in [0.15, 0.2) is 0 Å². The van der Waals surface area contributed by atoms with E-state index in [2.05, 4.69) is 13.8 Å². The number of hydrogen-bond acceptors (Lipinski definition) is 2. The summed E-state index contributed by atoms with van der Waals surface area (Å²) >= 11 is 0. The molecule has 0 bridgehead atoms. The maximum Gasteiger partial charge on any atom is 0.339 e. The van der Waals surface area contributed by atoms with E-state index in [0.717, 1.165) is 10.9 Å². The molecule has 1 aromatic heterocycles. The molecule has 0 saturated carbocycles.